The predicted molar refractivity (Wildman–Crippen MR) is 76.6 cm³/mol. The fourth-order valence-electron chi connectivity index (χ4n) is 2.45. The summed E-state index contributed by atoms with van der Waals surface area (Å²) in [5.74, 6) is 1.81. The van der Waals surface area contributed by atoms with E-state index in [1.165, 1.54) is 11.1 Å². The molecule has 0 bridgehead atoms. The molecule has 1 unspecified atom stereocenters. The van der Waals surface area contributed by atoms with E-state index in [0.29, 0.717) is 0 Å². The summed E-state index contributed by atoms with van der Waals surface area (Å²) in [6.45, 7) is 7.14. The molecule has 2 N–H and O–H groups in total. The number of aromatic nitrogens is 2. The van der Waals surface area contributed by atoms with Gasteiger partial charge in [0.2, 0.25) is 0 Å². The normalized spacial score (nSPS) is 12.4. The Labute approximate surface area is 114 Å². The second-order valence-corrected chi connectivity index (χ2v) is 4.66. The Morgan fingerprint density at radius 2 is 2.16 bits per heavy atom. The van der Waals surface area contributed by atoms with Gasteiger partial charge in [-0.05, 0) is 37.6 Å². The molecule has 0 radical (unpaired) electrons. The number of H-pyrrole nitrogens is 1. The van der Waals surface area contributed by atoms with Crippen LogP contribution in [0.1, 0.15) is 35.5 Å². The lowest BCUT2D eigenvalue weighted by Crippen LogP contribution is -2.24. The van der Waals surface area contributed by atoms with E-state index in [1.54, 1.807) is 13.3 Å². The highest BCUT2D eigenvalue weighted by molar-refractivity contribution is 5.47. The minimum Gasteiger partial charge on any atom is -0.496 e. The molecule has 4 heteroatoms. The van der Waals surface area contributed by atoms with E-state index >= 15 is 0 Å². The van der Waals surface area contributed by atoms with Crippen LogP contribution >= 0.6 is 0 Å². The van der Waals surface area contributed by atoms with Gasteiger partial charge in [-0.1, -0.05) is 13.0 Å². The van der Waals surface area contributed by atoms with E-state index in [2.05, 4.69) is 48.2 Å². The van der Waals surface area contributed by atoms with Gasteiger partial charge < -0.3 is 15.0 Å². The van der Waals surface area contributed by atoms with Crippen LogP contribution in [0.2, 0.25) is 0 Å². The van der Waals surface area contributed by atoms with Crippen molar-refractivity contribution in [2.75, 3.05) is 13.7 Å². The highest BCUT2D eigenvalue weighted by Gasteiger charge is 2.21. The number of rotatable bonds is 5. The molecule has 0 fully saturated rings. The van der Waals surface area contributed by atoms with Gasteiger partial charge in [-0.25, -0.2) is 4.98 Å². The van der Waals surface area contributed by atoms with E-state index in [-0.39, 0.29) is 6.04 Å². The lowest BCUT2D eigenvalue weighted by molar-refractivity contribution is 0.402. The summed E-state index contributed by atoms with van der Waals surface area (Å²) in [6, 6.07) is 4.26. The van der Waals surface area contributed by atoms with Crippen LogP contribution < -0.4 is 10.1 Å². The molecule has 102 valence electrons. The number of imidazole rings is 1. The monoisotopic (exact) mass is 259 g/mol. The largest absolute Gasteiger partial charge is 0.496 e. The minimum absolute atomic E-state index is 0.0237. The summed E-state index contributed by atoms with van der Waals surface area (Å²) in [5.41, 5.74) is 3.55. The van der Waals surface area contributed by atoms with Crippen LogP contribution in [0.15, 0.2) is 24.5 Å². The molecule has 0 amide bonds. The average molecular weight is 259 g/mol. The molecule has 0 aliphatic carbocycles. The molecule has 0 aliphatic heterocycles. The zero-order chi connectivity index (χ0) is 13.8. The fraction of sp³-hybridized carbons (Fsp3) is 0.400. The maximum absolute atomic E-state index is 5.55. The van der Waals surface area contributed by atoms with Gasteiger partial charge in [0.1, 0.15) is 11.6 Å². The first-order valence-corrected chi connectivity index (χ1v) is 6.55. The summed E-state index contributed by atoms with van der Waals surface area (Å²) in [7, 11) is 1.71. The number of benzene rings is 1. The highest BCUT2D eigenvalue weighted by atomic mass is 16.5. The third-order valence-corrected chi connectivity index (χ3v) is 3.20. The first-order valence-electron chi connectivity index (χ1n) is 6.55. The third-order valence-electron chi connectivity index (χ3n) is 3.20. The first-order chi connectivity index (χ1) is 9.17. The van der Waals surface area contributed by atoms with Crippen molar-refractivity contribution < 1.29 is 4.74 Å². The number of hydrogen-bond acceptors (Lipinski definition) is 3. The molecule has 0 spiro atoms. The molecule has 4 nitrogen and oxygen atoms in total. The smallest absolute Gasteiger partial charge is 0.127 e. The van der Waals surface area contributed by atoms with Crippen molar-refractivity contribution in [2.24, 2.45) is 0 Å². The summed E-state index contributed by atoms with van der Waals surface area (Å²) in [4.78, 5) is 7.56. The lowest BCUT2D eigenvalue weighted by Gasteiger charge is -2.21. The Balaban J connectivity index is 2.53. The number of aromatic amines is 1. The van der Waals surface area contributed by atoms with Crippen LogP contribution in [0.4, 0.5) is 0 Å². The number of nitrogens with one attached hydrogen (secondary N) is 2. The van der Waals surface area contributed by atoms with Crippen molar-refractivity contribution in [2.45, 2.75) is 26.8 Å². The minimum atomic E-state index is 0.0237. The van der Waals surface area contributed by atoms with Gasteiger partial charge in [0.15, 0.2) is 0 Å². The van der Waals surface area contributed by atoms with Crippen molar-refractivity contribution in [3.05, 3.63) is 47.0 Å². The van der Waals surface area contributed by atoms with E-state index < -0.39 is 0 Å². The molecule has 1 aromatic carbocycles. The number of methoxy groups -OCH3 is 1. The van der Waals surface area contributed by atoms with Crippen molar-refractivity contribution >= 4 is 0 Å². The molecule has 19 heavy (non-hydrogen) atoms. The van der Waals surface area contributed by atoms with E-state index in [4.69, 9.17) is 4.74 Å². The SMILES string of the molecule is CCNC(c1ncc[nH]1)c1c(C)cc(C)cc1OC. The van der Waals surface area contributed by atoms with Gasteiger partial charge in [0, 0.05) is 18.0 Å². The molecule has 0 saturated heterocycles. The molecular formula is C15H21N3O. The second-order valence-electron chi connectivity index (χ2n) is 4.66. The number of ether oxygens (including phenoxy) is 1. The second kappa shape index (κ2) is 5.89. The number of aryl methyl sites for hydroxylation is 2. The van der Waals surface area contributed by atoms with Crippen LogP contribution in [0.3, 0.4) is 0 Å². The predicted octanol–water partition coefficient (Wildman–Crippen LogP) is 2.73. The molecule has 1 aromatic heterocycles. The lowest BCUT2D eigenvalue weighted by atomic mass is 9.97. The first kappa shape index (κ1) is 13.6. The van der Waals surface area contributed by atoms with Gasteiger partial charge in [-0.15, -0.1) is 0 Å². The number of nitrogens with zero attached hydrogens (tertiary/aromatic N) is 1. The Morgan fingerprint density at radius 3 is 2.74 bits per heavy atom. The van der Waals surface area contributed by atoms with Crippen LogP contribution in [0.25, 0.3) is 0 Å². The van der Waals surface area contributed by atoms with Crippen molar-refractivity contribution in [1.82, 2.24) is 15.3 Å². The van der Waals surface area contributed by atoms with Gasteiger partial charge in [-0.3, -0.25) is 0 Å². The van der Waals surface area contributed by atoms with Crippen LogP contribution in [-0.4, -0.2) is 23.6 Å². The summed E-state index contributed by atoms with van der Waals surface area (Å²) in [5, 5.41) is 3.46. The zero-order valence-electron chi connectivity index (χ0n) is 11.9. The molecule has 0 saturated carbocycles. The topological polar surface area (TPSA) is 49.9 Å². The summed E-state index contributed by atoms with van der Waals surface area (Å²) >= 11 is 0. The van der Waals surface area contributed by atoms with E-state index in [1.807, 2.05) is 6.20 Å². The van der Waals surface area contributed by atoms with Gasteiger partial charge in [-0.2, -0.15) is 0 Å². The zero-order valence-corrected chi connectivity index (χ0v) is 11.9. The Hall–Kier alpha value is -1.81. The third kappa shape index (κ3) is 2.79. The quantitative estimate of drug-likeness (QED) is 0.868. The Kier molecular flexibility index (Phi) is 4.22. The van der Waals surface area contributed by atoms with Gasteiger partial charge in [0.05, 0.1) is 13.2 Å². The Bertz CT molecular complexity index is 535. The highest BCUT2D eigenvalue weighted by Crippen LogP contribution is 2.32. The average Bonchev–Trinajstić information content (AvgIpc) is 2.89. The van der Waals surface area contributed by atoms with Crippen molar-refractivity contribution in [3.63, 3.8) is 0 Å². The van der Waals surface area contributed by atoms with Gasteiger partial charge >= 0.3 is 0 Å². The molecule has 2 aromatic rings. The maximum Gasteiger partial charge on any atom is 0.127 e. The molecule has 0 aliphatic rings. The van der Waals surface area contributed by atoms with Crippen molar-refractivity contribution in [3.8, 4) is 5.75 Å². The van der Waals surface area contributed by atoms with Crippen LogP contribution in [-0.2, 0) is 0 Å². The molecule has 2 rings (SSSR count). The molecule has 1 heterocycles. The van der Waals surface area contributed by atoms with Gasteiger partial charge in [0.25, 0.3) is 0 Å². The maximum atomic E-state index is 5.55. The molecular weight excluding hydrogens is 238 g/mol. The van der Waals surface area contributed by atoms with Crippen LogP contribution in [0.5, 0.6) is 5.75 Å². The number of hydrogen-bond donors (Lipinski definition) is 2. The summed E-state index contributed by atoms with van der Waals surface area (Å²) in [6.07, 6.45) is 3.62. The summed E-state index contributed by atoms with van der Waals surface area (Å²) < 4.78 is 5.55. The van der Waals surface area contributed by atoms with Crippen LogP contribution in [0, 0.1) is 13.8 Å². The van der Waals surface area contributed by atoms with Crippen molar-refractivity contribution in [1.29, 1.82) is 0 Å². The van der Waals surface area contributed by atoms with E-state index in [0.717, 1.165) is 23.7 Å². The van der Waals surface area contributed by atoms with E-state index in [9.17, 15) is 0 Å². The fourth-order valence-corrected chi connectivity index (χ4v) is 2.45. The standard InChI is InChI=1S/C15H21N3O/c1-5-16-14(15-17-6-7-18-15)13-11(3)8-10(2)9-12(13)19-4/h6-9,14,16H,5H2,1-4H3,(H,17,18). The Morgan fingerprint density at radius 1 is 1.37 bits per heavy atom. The molecule has 1 atom stereocenters.